The van der Waals surface area contributed by atoms with Crippen LogP contribution in [0.2, 0.25) is 0 Å². The first-order valence-corrected chi connectivity index (χ1v) is 8.60. The largest absolute Gasteiger partial charge is 0.298 e. The summed E-state index contributed by atoms with van der Waals surface area (Å²) in [6.07, 6.45) is 5.62. The molecule has 0 aromatic rings. The van der Waals surface area contributed by atoms with Gasteiger partial charge < -0.3 is 0 Å². The highest BCUT2D eigenvalue weighted by Crippen LogP contribution is 2.26. The summed E-state index contributed by atoms with van der Waals surface area (Å²) >= 11 is 0. The predicted octanol–water partition coefficient (Wildman–Crippen LogP) is 1.31. The molecule has 2 heterocycles. The molecule has 2 rings (SSSR count). The van der Waals surface area contributed by atoms with Crippen LogP contribution in [0.3, 0.4) is 0 Å². The maximum Gasteiger partial charge on any atom is 0.0246 e. The molecule has 2 saturated heterocycles. The van der Waals surface area contributed by atoms with Crippen molar-refractivity contribution in [2.45, 2.75) is 51.2 Å². The standard InChI is InChI=1S/C13H26N2OS/c1-11(6-8-17(3)16)15-10-13-5-4-7-14(13)9-12(15)2/h11-13H,4-10H2,1-3H3. The second kappa shape index (κ2) is 5.81. The molecule has 2 fully saturated rings. The van der Waals surface area contributed by atoms with E-state index in [0.29, 0.717) is 12.1 Å². The Hall–Kier alpha value is 0.0700. The molecule has 0 saturated carbocycles. The van der Waals surface area contributed by atoms with E-state index in [0.717, 1.165) is 18.2 Å². The Balaban J connectivity index is 1.88. The highest BCUT2D eigenvalue weighted by atomic mass is 32.2. The van der Waals surface area contributed by atoms with Gasteiger partial charge >= 0.3 is 0 Å². The summed E-state index contributed by atoms with van der Waals surface area (Å²) in [5, 5.41) is 0. The van der Waals surface area contributed by atoms with Crippen molar-refractivity contribution in [1.82, 2.24) is 9.80 Å². The maximum atomic E-state index is 11.2. The summed E-state index contributed by atoms with van der Waals surface area (Å²) < 4.78 is 11.2. The number of fused-ring (bicyclic) bond motifs is 1. The zero-order valence-electron chi connectivity index (χ0n) is 11.4. The van der Waals surface area contributed by atoms with Crippen LogP contribution in [0, 0.1) is 0 Å². The number of hydrogen-bond donors (Lipinski definition) is 0. The molecular formula is C13H26N2OS. The molecule has 2 aliphatic rings. The van der Waals surface area contributed by atoms with Crippen molar-refractivity contribution in [2.24, 2.45) is 0 Å². The SMILES string of the molecule is CC(CCS(C)=O)N1CC2CCCN2CC1C. The van der Waals surface area contributed by atoms with Gasteiger partial charge in [-0.3, -0.25) is 14.0 Å². The Labute approximate surface area is 108 Å². The lowest BCUT2D eigenvalue weighted by molar-refractivity contribution is 0.0323. The molecule has 0 aromatic carbocycles. The van der Waals surface area contributed by atoms with Crippen molar-refractivity contribution in [3.63, 3.8) is 0 Å². The van der Waals surface area contributed by atoms with Crippen LogP contribution in [0.15, 0.2) is 0 Å². The topological polar surface area (TPSA) is 23.6 Å². The summed E-state index contributed by atoms with van der Waals surface area (Å²) in [6, 6.07) is 2.03. The summed E-state index contributed by atoms with van der Waals surface area (Å²) in [4.78, 5) is 5.30. The van der Waals surface area contributed by atoms with Crippen LogP contribution in [0.4, 0.5) is 0 Å². The molecule has 0 spiro atoms. The van der Waals surface area contributed by atoms with E-state index in [2.05, 4.69) is 23.6 Å². The van der Waals surface area contributed by atoms with E-state index >= 15 is 0 Å². The number of piperazine rings is 1. The van der Waals surface area contributed by atoms with Crippen LogP contribution in [0.25, 0.3) is 0 Å². The number of rotatable bonds is 4. The van der Waals surface area contributed by atoms with Gasteiger partial charge in [0.1, 0.15) is 0 Å². The van der Waals surface area contributed by atoms with Gasteiger partial charge in [-0.05, 0) is 39.7 Å². The van der Waals surface area contributed by atoms with Crippen LogP contribution in [0.1, 0.15) is 33.1 Å². The van der Waals surface area contributed by atoms with E-state index in [1.165, 1.54) is 32.5 Å². The first-order chi connectivity index (χ1) is 8.08. The Morgan fingerprint density at radius 2 is 2.18 bits per heavy atom. The highest BCUT2D eigenvalue weighted by molar-refractivity contribution is 7.84. The molecule has 0 aliphatic carbocycles. The number of hydrogen-bond acceptors (Lipinski definition) is 3. The van der Waals surface area contributed by atoms with Crippen LogP contribution in [-0.4, -0.2) is 63.8 Å². The third-order valence-corrected chi connectivity index (χ3v) is 5.19. The Bertz CT molecular complexity index is 285. The van der Waals surface area contributed by atoms with Crippen LogP contribution < -0.4 is 0 Å². The van der Waals surface area contributed by atoms with E-state index in [4.69, 9.17) is 0 Å². The van der Waals surface area contributed by atoms with E-state index in [9.17, 15) is 4.21 Å². The Morgan fingerprint density at radius 1 is 1.41 bits per heavy atom. The molecule has 3 nitrogen and oxygen atoms in total. The van der Waals surface area contributed by atoms with Crippen molar-refractivity contribution in [3.05, 3.63) is 0 Å². The van der Waals surface area contributed by atoms with Crippen LogP contribution in [-0.2, 0) is 10.8 Å². The Kier molecular flexibility index (Phi) is 4.61. The summed E-state index contributed by atoms with van der Waals surface area (Å²) in [7, 11) is -0.644. The van der Waals surface area contributed by atoms with Gasteiger partial charge in [-0.25, -0.2) is 0 Å². The van der Waals surface area contributed by atoms with Gasteiger partial charge in [0.25, 0.3) is 0 Å². The molecule has 4 heteroatoms. The number of nitrogens with zero attached hydrogens (tertiary/aromatic N) is 2. The van der Waals surface area contributed by atoms with Crippen molar-refractivity contribution in [3.8, 4) is 0 Å². The smallest absolute Gasteiger partial charge is 0.0246 e. The lowest BCUT2D eigenvalue weighted by Gasteiger charge is -2.45. The fraction of sp³-hybridized carbons (Fsp3) is 1.00. The first kappa shape index (κ1) is 13.5. The Morgan fingerprint density at radius 3 is 2.88 bits per heavy atom. The van der Waals surface area contributed by atoms with E-state index in [1.54, 1.807) is 0 Å². The maximum absolute atomic E-state index is 11.2. The van der Waals surface area contributed by atoms with Gasteiger partial charge in [0, 0.05) is 54.0 Å². The van der Waals surface area contributed by atoms with Crippen molar-refractivity contribution < 1.29 is 4.21 Å². The third kappa shape index (κ3) is 3.30. The van der Waals surface area contributed by atoms with E-state index < -0.39 is 10.8 Å². The molecule has 17 heavy (non-hydrogen) atoms. The van der Waals surface area contributed by atoms with Gasteiger partial charge in [0.15, 0.2) is 0 Å². The highest BCUT2D eigenvalue weighted by Gasteiger charge is 2.35. The second-order valence-corrected chi connectivity index (χ2v) is 7.31. The van der Waals surface area contributed by atoms with Crippen molar-refractivity contribution in [2.75, 3.05) is 31.6 Å². The molecule has 2 aliphatic heterocycles. The predicted molar refractivity (Wildman–Crippen MR) is 73.8 cm³/mol. The van der Waals surface area contributed by atoms with Crippen LogP contribution >= 0.6 is 0 Å². The molecule has 0 bridgehead atoms. The van der Waals surface area contributed by atoms with Gasteiger partial charge in [0.2, 0.25) is 0 Å². The quantitative estimate of drug-likeness (QED) is 0.760. The normalized spacial score (nSPS) is 34.5. The van der Waals surface area contributed by atoms with Gasteiger partial charge in [-0.15, -0.1) is 0 Å². The lowest BCUT2D eigenvalue weighted by atomic mass is 10.0. The average Bonchev–Trinajstić information content (AvgIpc) is 2.71. The van der Waals surface area contributed by atoms with Gasteiger partial charge in [-0.2, -0.15) is 0 Å². The molecule has 0 amide bonds. The first-order valence-electron chi connectivity index (χ1n) is 6.87. The average molecular weight is 258 g/mol. The monoisotopic (exact) mass is 258 g/mol. The minimum absolute atomic E-state index is 0.580. The molecule has 4 atom stereocenters. The zero-order valence-corrected chi connectivity index (χ0v) is 12.2. The molecule has 100 valence electrons. The van der Waals surface area contributed by atoms with Crippen LogP contribution in [0.5, 0.6) is 0 Å². The molecular weight excluding hydrogens is 232 g/mol. The minimum atomic E-state index is -0.644. The molecule has 0 aromatic heterocycles. The fourth-order valence-electron chi connectivity index (χ4n) is 3.33. The van der Waals surface area contributed by atoms with E-state index in [1.807, 2.05) is 6.26 Å². The summed E-state index contributed by atoms with van der Waals surface area (Å²) in [5.41, 5.74) is 0. The third-order valence-electron chi connectivity index (χ3n) is 4.37. The van der Waals surface area contributed by atoms with E-state index in [-0.39, 0.29) is 0 Å². The van der Waals surface area contributed by atoms with Gasteiger partial charge in [-0.1, -0.05) is 0 Å². The fourth-order valence-corrected chi connectivity index (χ4v) is 4.00. The molecule has 0 radical (unpaired) electrons. The molecule has 0 N–H and O–H groups in total. The molecule has 4 unspecified atom stereocenters. The van der Waals surface area contributed by atoms with Gasteiger partial charge in [0.05, 0.1) is 0 Å². The second-order valence-electron chi connectivity index (χ2n) is 5.75. The van der Waals surface area contributed by atoms with Crippen molar-refractivity contribution >= 4 is 10.8 Å². The summed E-state index contributed by atoms with van der Waals surface area (Å²) in [6.45, 7) is 8.39. The van der Waals surface area contributed by atoms with Crippen molar-refractivity contribution in [1.29, 1.82) is 0 Å². The lowest BCUT2D eigenvalue weighted by Crippen LogP contribution is -2.57. The minimum Gasteiger partial charge on any atom is -0.298 e. The summed E-state index contributed by atoms with van der Waals surface area (Å²) in [5.74, 6) is 0.846. The zero-order chi connectivity index (χ0) is 12.4.